The maximum absolute atomic E-state index is 14.5. The maximum atomic E-state index is 14.5. The average Bonchev–Trinajstić information content (AvgIpc) is 2.54. The molecule has 0 aliphatic carbocycles. The van der Waals surface area contributed by atoms with Crippen LogP contribution in [0.2, 0.25) is 0 Å². The van der Waals surface area contributed by atoms with Gasteiger partial charge in [0.15, 0.2) is 5.17 Å². The van der Waals surface area contributed by atoms with Crippen LogP contribution in [0, 0.1) is 21.8 Å². The number of halogens is 1. The second kappa shape index (κ2) is 6.36. The summed E-state index contributed by atoms with van der Waals surface area (Å²) in [5, 5.41) is 22.2. The number of carbonyl (C=O) groups is 1. The molecule has 2 aliphatic rings. The second-order valence-corrected chi connectivity index (χ2v) is 6.55. The summed E-state index contributed by atoms with van der Waals surface area (Å²) < 4.78 is 20.0. The highest BCUT2D eigenvalue weighted by atomic mass is 32.2. The molecule has 3 rings (SSSR count). The third-order valence-electron chi connectivity index (χ3n) is 4.17. The first-order valence-electron chi connectivity index (χ1n) is 7.17. The number of hydrogen-bond acceptors (Lipinski definition) is 6. The Morgan fingerprint density at radius 2 is 2.38 bits per heavy atom. The van der Waals surface area contributed by atoms with Gasteiger partial charge in [-0.25, -0.2) is 14.2 Å². The van der Waals surface area contributed by atoms with Crippen molar-refractivity contribution in [3.05, 3.63) is 39.7 Å². The topological polar surface area (TPSA) is 114 Å². The van der Waals surface area contributed by atoms with Crippen LogP contribution in [0.1, 0.15) is 12.0 Å². The van der Waals surface area contributed by atoms with Crippen molar-refractivity contribution >= 4 is 28.7 Å². The van der Waals surface area contributed by atoms with E-state index in [1.165, 1.54) is 11.8 Å². The van der Waals surface area contributed by atoms with Crippen molar-refractivity contribution in [2.45, 2.75) is 12.0 Å². The van der Waals surface area contributed by atoms with Gasteiger partial charge in [-0.3, -0.25) is 15.4 Å². The SMILES string of the molecule is O=C(O)NC1=NC2(c3cc([N+](=O)[O-])ccc3F)COCC[C@@H]2CS1. The van der Waals surface area contributed by atoms with E-state index in [1.807, 2.05) is 0 Å². The number of aliphatic imine (C=N–C) groups is 1. The molecular formula is C14H14FN3O5S. The summed E-state index contributed by atoms with van der Waals surface area (Å²) in [7, 11) is 0. The van der Waals surface area contributed by atoms with Crippen molar-refractivity contribution in [1.82, 2.24) is 5.32 Å². The Hall–Kier alpha value is -2.20. The van der Waals surface area contributed by atoms with Crippen LogP contribution in [-0.4, -0.2) is 40.3 Å². The summed E-state index contributed by atoms with van der Waals surface area (Å²) in [4.78, 5) is 25.7. The fourth-order valence-corrected chi connectivity index (χ4v) is 4.21. The molecule has 1 aromatic carbocycles. The number of nitro groups is 1. The molecule has 0 radical (unpaired) electrons. The second-order valence-electron chi connectivity index (χ2n) is 5.54. The van der Waals surface area contributed by atoms with E-state index in [-0.39, 0.29) is 28.9 Å². The van der Waals surface area contributed by atoms with Crippen LogP contribution in [0.5, 0.6) is 0 Å². The van der Waals surface area contributed by atoms with Crippen molar-refractivity contribution in [1.29, 1.82) is 0 Å². The molecule has 2 N–H and O–H groups in total. The quantitative estimate of drug-likeness (QED) is 0.622. The van der Waals surface area contributed by atoms with Crippen molar-refractivity contribution in [2.24, 2.45) is 10.9 Å². The van der Waals surface area contributed by atoms with Gasteiger partial charge in [-0.1, -0.05) is 11.8 Å². The highest BCUT2D eigenvalue weighted by Gasteiger charge is 2.48. The first-order valence-corrected chi connectivity index (χ1v) is 8.16. The maximum Gasteiger partial charge on any atom is 0.410 e. The molecule has 8 nitrogen and oxygen atoms in total. The van der Waals surface area contributed by atoms with Crippen molar-refractivity contribution in [2.75, 3.05) is 19.0 Å². The number of nitrogens with one attached hydrogen (secondary N) is 1. The molecule has 10 heteroatoms. The Morgan fingerprint density at radius 3 is 3.08 bits per heavy atom. The Balaban J connectivity index is 2.13. The molecule has 2 aliphatic heterocycles. The van der Waals surface area contributed by atoms with Crippen LogP contribution in [0.15, 0.2) is 23.2 Å². The highest BCUT2D eigenvalue weighted by molar-refractivity contribution is 8.13. The lowest BCUT2D eigenvalue weighted by molar-refractivity contribution is -0.385. The summed E-state index contributed by atoms with van der Waals surface area (Å²) in [5.41, 5.74) is -1.35. The molecule has 1 aromatic rings. The van der Waals surface area contributed by atoms with Crippen molar-refractivity contribution < 1.29 is 24.0 Å². The van der Waals surface area contributed by atoms with E-state index in [0.717, 1.165) is 18.2 Å². The first-order chi connectivity index (χ1) is 11.4. The van der Waals surface area contributed by atoms with Crippen LogP contribution >= 0.6 is 11.8 Å². The van der Waals surface area contributed by atoms with Crippen LogP contribution < -0.4 is 5.32 Å². The molecule has 2 heterocycles. The number of rotatable bonds is 2. The number of ether oxygens (including phenoxy) is 1. The van der Waals surface area contributed by atoms with E-state index in [9.17, 15) is 19.3 Å². The predicted molar refractivity (Wildman–Crippen MR) is 84.7 cm³/mol. The Kier molecular flexibility index (Phi) is 4.41. The normalized spacial score (nSPS) is 26.2. The minimum atomic E-state index is -1.27. The average molecular weight is 355 g/mol. The molecule has 24 heavy (non-hydrogen) atoms. The van der Waals surface area contributed by atoms with Gasteiger partial charge in [0, 0.05) is 36.0 Å². The van der Waals surface area contributed by atoms with E-state index >= 15 is 0 Å². The summed E-state index contributed by atoms with van der Waals surface area (Å²) in [6.45, 7) is 0.530. The molecule has 128 valence electrons. The van der Waals surface area contributed by atoms with E-state index < -0.39 is 22.4 Å². The van der Waals surface area contributed by atoms with Gasteiger partial charge in [0.2, 0.25) is 0 Å². The number of nitro benzene ring substituents is 1. The molecular weight excluding hydrogens is 341 g/mol. The zero-order valence-electron chi connectivity index (χ0n) is 12.4. The highest BCUT2D eigenvalue weighted by Crippen LogP contribution is 2.46. The summed E-state index contributed by atoms with van der Waals surface area (Å²) in [6.07, 6.45) is -0.662. The molecule has 1 amide bonds. The number of carboxylic acid groups (broad SMARTS) is 1. The number of hydrogen-bond donors (Lipinski definition) is 2. The molecule has 2 atom stereocenters. The van der Waals surface area contributed by atoms with Gasteiger partial charge >= 0.3 is 6.09 Å². The Morgan fingerprint density at radius 1 is 1.58 bits per heavy atom. The molecule has 1 fully saturated rings. The Bertz CT molecular complexity index is 728. The lowest BCUT2D eigenvalue weighted by atomic mass is 9.76. The number of benzene rings is 1. The fraction of sp³-hybridized carbons (Fsp3) is 0.429. The van der Waals surface area contributed by atoms with Gasteiger partial charge in [-0.2, -0.15) is 0 Å². The van der Waals surface area contributed by atoms with Gasteiger partial charge in [0.25, 0.3) is 5.69 Å². The molecule has 0 bridgehead atoms. The van der Waals surface area contributed by atoms with Crippen LogP contribution in [0.4, 0.5) is 14.9 Å². The molecule has 0 saturated carbocycles. The number of fused-ring (bicyclic) bond motifs is 1. The largest absolute Gasteiger partial charge is 0.465 e. The number of amides is 1. The van der Waals surface area contributed by atoms with Gasteiger partial charge in [-0.05, 0) is 12.5 Å². The van der Waals surface area contributed by atoms with Crippen LogP contribution in [-0.2, 0) is 10.3 Å². The Labute approximate surface area is 140 Å². The number of thioether (sulfide) groups is 1. The molecule has 1 saturated heterocycles. The van der Waals surface area contributed by atoms with E-state index in [1.54, 1.807) is 0 Å². The fourth-order valence-electron chi connectivity index (χ4n) is 3.02. The predicted octanol–water partition coefficient (Wildman–Crippen LogP) is 2.34. The van der Waals surface area contributed by atoms with Crippen LogP contribution in [0.3, 0.4) is 0 Å². The van der Waals surface area contributed by atoms with E-state index in [0.29, 0.717) is 18.8 Å². The van der Waals surface area contributed by atoms with E-state index in [4.69, 9.17) is 9.84 Å². The standard InChI is InChI=1S/C14H14FN3O5S/c15-11-2-1-9(18(21)22)5-10(11)14-7-23-4-3-8(14)6-24-12(17-14)16-13(19)20/h1-2,5,8H,3-4,6-7H2,(H,16,17)(H,19,20)/t8-,14?/m1/s1. The van der Waals surface area contributed by atoms with Gasteiger partial charge in [0.1, 0.15) is 11.4 Å². The number of non-ortho nitro benzene ring substituents is 1. The van der Waals surface area contributed by atoms with Gasteiger partial charge in [-0.15, -0.1) is 0 Å². The number of amidine groups is 1. The summed E-state index contributed by atoms with van der Waals surface area (Å²) >= 11 is 1.23. The molecule has 0 spiro atoms. The smallest absolute Gasteiger partial charge is 0.410 e. The zero-order valence-corrected chi connectivity index (χ0v) is 13.2. The molecule has 0 aromatic heterocycles. The minimum absolute atomic E-state index is 0.0428. The third kappa shape index (κ3) is 2.94. The summed E-state index contributed by atoms with van der Waals surface area (Å²) in [6, 6.07) is 3.29. The third-order valence-corrected chi connectivity index (χ3v) is 5.21. The lowest BCUT2D eigenvalue weighted by Crippen LogP contribution is -2.49. The summed E-state index contributed by atoms with van der Waals surface area (Å²) in [5.74, 6) is -0.210. The van der Waals surface area contributed by atoms with Gasteiger partial charge in [0.05, 0.1) is 11.5 Å². The zero-order chi connectivity index (χ0) is 17.3. The van der Waals surface area contributed by atoms with Crippen LogP contribution in [0.25, 0.3) is 0 Å². The minimum Gasteiger partial charge on any atom is -0.465 e. The number of nitrogens with zero attached hydrogens (tertiary/aromatic N) is 2. The first kappa shape index (κ1) is 16.7. The van der Waals surface area contributed by atoms with Gasteiger partial charge < -0.3 is 9.84 Å². The molecule has 1 unspecified atom stereocenters. The monoisotopic (exact) mass is 355 g/mol. The van der Waals surface area contributed by atoms with Crippen molar-refractivity contribution in [3.63, 3.8) is 0 Å². The lowest BCUT2D eigenvalue weighted by Gasteiger charge is -2.43. The van der Waals surface area contributed by atoms with E-state index in [2.05, 4.69) is 10.3 Å². The van der Waals surface area contributed by atoms with Crippen molar-refractivity contribution in [3.8, 4) is 0 Å².